The first-order valence-electron chi connectivity index (χ1n) is 6.76. The molecule has 0 spiro atoms. The molecule has 0 saturated carbocycles. The quantitative estimate of drug-likeness (QED) is 0.773. The highest BCUT2D eigenvalue weighted by atomic mass is 16.1. The van der Waals surface area contributed by atoms with Crippen LogP contribution in [-0.4, -0.2) is 9.78 Å². The smallest absolute Gasteiger partial charge is 0.275 e. The summed E-state index contributed by atoms with van der Waals surface area (Å²) >= 11 is 0. The van der Waals surface area contributed by atoms with Gasteiger partial charge in [0.1, 0.15) is 0 Å². The van der Waals surface area contributed by atoms with Gasteiger partial charge in [0.25, 0.3) is 5.56 Å². The van der Waals surface area contributed by atoms with Crippen molar-refractivity contribution < 1.29 is 0 Å². The van der Waals surface area contributed by atoms with E-state index in [4.69, 9.17) is 0 Å². The number of benzene rings is 2. The predicted molar refractivity (Wildman–Crippen MR) is 81.2 cm³/mol. The van der Waals surface area contributed by atoms with Crippen LogP contribution < -0.4 is 5.56 Å². The summed E-state index contributed by atoms with van der Waals surface area (Å²) in [6, 6.07) is 19.6. The van der Waals surface area contributed by atoms with E-state index in [1.807, 2.05) is 67.6 Å². The van der Waals surface area contributed by atoms with Crippen molar-refractivity contribution in [1.29, 1.82) is 0 Å². The topological polar surface area (TPSA) is 37.8 Å². The van der Waals surface area contributed by atoms with Gasteiger partial charge in [-0.2, -0.15) is 0 Å². The standard InChI is InChI=1S/C17H16N2O/c1-2-15-16(13-9-5-3-6-10-13)18-19(17(15)20)14-11-7-4-8-12-14/h3-12,18H,2H2,1H3. The molecule has 3 aromatic rings. The maximum Gasteiger partial charge on any atom is 0.275 e. The number of aromatic nitrogens is 2. The van der Waals surface area contributed by atoms with Crippen molar-refractivity contribution in [3.05, 3.63) is 76.6 Å². The molecule has 20 heavy (non-hydrogen) atoms. The van der Waals surface area contributed by atoms with Gasteiger partial charge in [-0.1, -0.05) is 55.5 Å². The number of para-hydroxylation sites is 1. The summed E-state index contributed by atoms with van der Waals surface area (Å²) in [5, 5.41) is 3.24. The predicted octanol–water partition coefficient (Wildman–Crippen LogP) is 3.40. The van der Waals surface area contributed by atoms with Crippen molar-refractivity contribution in [3.63, 3.8) is 0 Å². The molecule has 1 heterocycles. The Bertz CT molecular complexity index is 755. The highest BCUT2D eigenvalue weighted by molar-refractivity contribution is 5.63. The lowest BCUT2D eigenvalue weighted by molar-refractivity contribution is 0.849. The second kappa shape index (κ2) is 5.21. The van der Waals surface area contributed by atoms with Crippen molar-refractivity contribution in [3.8, 4) is 16.9 Å². The Morgan fingerprint density at radius 3 is 2.15 bits per heavy atom. The third-order valence-electron chi connectivity index (χ3n) is 3.42. The average Bonchev–Trinajstić information content (AvgIpc) is 2.86. The maximum atomic E-state index is 12.5. The van der Waals surface area contributed by atoms with Crippen LogP contribution in [0.1, 0.15) is 12.5 Å². The van der Waals surface area contributed by atoms with Gasteiger partial charge in [-0.05, 0) is 24.1 Å². The van der Waals surface area contributed by atoms with Crippen molar-refractivity contribution in [1.82, 2.24) is 9.78 Å². The molecule has 0 aliphatic rings. The normalized spacial score (nSPS) is 10.7. The van der Waals surface area contributed by atoms with E-state index >= 15 is 0 Å². The molecule has 0 bridgehead atoms. The zero-order valence-corrected chi connectivity index (χ0v) is 11.3. The lowest BCUT2D eigenvalue weighted by Gasteiger charge is -2.01. The largest absolute Gasteiger partial charge is 0.290 e. The van der Waals surface area contributed by atoms with Gasteiger partial charge in [0.05, 0.1) is 11.4 Å². The van der Waals surface area contributed by atoms with Crippen LogP contribution >= 0.6 is 0 Å². The number of hydrogen-bond acceptors (Lipinski definition) is 1. The van der Waals surface area contributed by atoms with Crippen LogP contribution in [0.15, 0.2) is 65.5 Å². The fourth-order valence-electron chi connectivity index (χ4n) is 2.40. The lowest BCUT2D eigenvalue weighted by atomic mass is 10.1. The Morgan fingerprint density at radius 1 is 0.950 bits per heavy atom. The van der Waals surface area contributed by atoms with Crippen LogP contribution in [0.3, 0.4) is 0 Å². The number of nitrogens with zero attached hydrogens (tertiary/aromatic N) is 1. The van der Waals surface area contributed by atoms with E-state index in [9.17, 15) is 4.79 Å². The molecule has 0 saturated heterocycles. The molecule has 3 nitrogen and oxygen atoms in total. The zero-order chi connectivity index (χ0) is 13.9. The molecule has 0 radical (unpaired) electrons. The second-order valence-corrected chi connectivity index (χ2v) is 4.66. The van der Waals surface area contributed by atoms with E-state index in [1.54, 1.807) is 4.68 Å². The van der Waals surface area contributed by atoms with Crippen LogP contribution in [0.5, 0.6) is 0 Å². The molecule has 0 aliphatic carbocycles. The highest BCUT2D eigenvalue weighted by Gasteiger charge is 2.14. The summed E-state index contributed by atoms with van der Waals surface area (Å²) in [7, 11) is 0. The molecule has 3 rings (SSSR count). The van der Waals surface area contributed by atoms with Crippen LogP contribution in [0.4, 0.5) is 0 Å². The summed E-state index contributed by atoms with van der Waals surface area (Å²) in [5.41, 5.74) is 3.64. The fourth-order valence-corrected chi connectivity index (χ4v) is 2.40. The molecule has 0 atom stereocenters. The summed E-state index contributed by atoms with van der Waals surface area (Å²) in [6.45, 7) is 2.01. The third kappa shape index (κ3) is 2.07. The number of H-pyrrole nitrogens is 1. The molecule has 0 fully saturated rings. The van der Waals surface area contributed by atoms with E-state index in [0.717, 1.165) is 22.5 Å². The molecular weight excluding hydrogens is 248 g/mol. The van der Waals surface area contributed by atoms with Crippen LogP contribution in [0.2, 0.25) is 0 Å². The first-order valence-corrected chi connectivity index (χ1v) is 6.76. The zero-order valence-electron chi connectivity index (χ0n) is 11.3. The van der Waals surface area contributed by atoms with Gasteiger partial charge in [-0.15, -0.1) is 0 Å². The molecule has 1 aromatic heterocycles. The highest BCUT2D eigenvalue weighted by Crippen LogP contribution is 2.20. The molecule has 1 N–H and O–H groups in total. The van der Waals surface area contributed by atoms with Crippen molar-refractivity contribution in [2.45, 2.75) is 13.3 Å². The summed E-state index contributed by atoms with van der Waals surface area (Å²) in [5.74, 6) is 0. The summed E-state index contributed by atoms with van der Waals surface area (Å²) < 4.78 is 1.61. The van der Waals surface area contributed by atoms with E-state index in [0.29, 0.717) is 6.42 Å². The minimum absolute atomic E-state index is 0.0255. The Kier molecular flexibility index (Phi) is 3.25. The number of nitrogens with one attached hydrogen (secondary N) is 1. The molecule has 100 valence electrons. The van der Waals surface area contributed by atoms with Gasteiger partial charge in [-0.3, -0.25) is 9.89 Å². The fraction of sp³-hybridized carbons (Fsp3) is 0.118. The van der Waals surface area contributed by atoms with Crippen molar-refractivity contribution in [2.75, 3.05) is 0 Å². The van der Waals surface area contributed by atoms with Gasteiger partial charge < -0.3 is 0 Å². The molecule has 2 aromatic carbocycles. The monoisotopic (exact) mass is 264 g/mol. The Morgan fingerprint density at radius 2 is 1.55 bits per heavy atom. The maximum absolute atomic E-state index is 12.5. The van der Waals surface area contributed by atoms with Crippen LogP contribution in [-0.2, 0) is 6.42 Å². The number of rotatable bonds is 3. The Hall–Kier alpha value is -2.55. The minimum Gasteiger partial charge on any atom is -0.290 e. The first kappa shape index (κ1) is 12.5. The minimum atomic E-state index is 0.0255. The molecule has 3 heteroatoms. The van der Waals surface area contributed by atoms with E-state index in [2.05, 4.69) is 5.10 Å². The van der Waals surface area contributed by atoms with Crippen molar-refractivity contribution >= 4 is 0 Å². The van der Waals surface area contributed by atoms with Crippen molar-refractivity contribution in [2.24, 2.45) is 0 Å². The van der Waals surface area contributed by atoms with Crippen LogP contribution in [0, 0.1) is 0 Å². The van der Waals surface area contributed by atoms with Gasteiger partial charge in [0.15, 0.2) is 0 Å². The van der Waals surface area contributed by atoms with Gasteiger partial charge >= 0.3 is 0 Å². The first-order chi connectivity index (χ1) is 9.81. The molecular formula is C17H16N2O. The van der Waals surface area contributed by atoms with Gasteiger partial charge in [0.2, 0.25) is 0 Å². The number of aromatic amines is 1. The third-order valence-corrected chi connectivity index (χ3v) is 3.42. The van der Waals surface area contributed by atoms with E-state index < -0.39 is 0 Å². The molecule has 0 unspecified atom stereocenters. The summed E-state index contributed by atoms with van der Waals surface area (Å²) in [6.07, 6.45) is 0.708. The molecule has 0 amide bonds. The van der Waals surface area contributed by atoms with Crippen LogP contribution in [0.25, 0.3) is 16.9 Å². The molecule has 0 aliphatic heterocycles. The summed E-state index contributed by atoms with van der Waals surface area (Å²) in [4.78, 5) is 12.5. The van der Waals surface area contributed by atoms with Gasteiger partial charge in [-0.25, -0.2) is 4.68 Å². The second-order valence-electron chi connectivity index (χ2n) is 4.66. The van der Waals surface area contributed by atoms with E-state index in [1.165, 1.54) is 0 Å². The Balaban J connectivity index is 2.21. The average molecular weight is 264 g/mol. The Labute approximate surface area is 117 Å². The number of hydrogen-bond donors (Lipinski definition) is 1. The van der Waals surface area contributed by atoms with E-state index in [-0.39, 0.29) is 5.56 Å². The van der Waals surface area contributed by atoms with Gasteiger partial charge in [0, 0.05) is 5.56 Å². The lowest BCUT2D eigenvalue weighted by Crippen LogP contribution is -2.16. The SMILES string of the molecule is CCc1c(-c2ccccc2)[nH]n(-c2ccccc2)c1=O.